The molecule has 0 saturated heterocycles. The molecule has 0 heterocycles. The first-order valence-corrected chi connectivity index (χ1v) is 9.35. The number of carbonyl (C=O) groups excluding carboxylic acids is 1. The smallest absolute Gasteiger partial charge is 0.262 e. The van der Waals surface area contributed by atoms with Crippen LogP contribution in [0.1, 0.15) is 34.1 Å². The molecule has 0 aliphatic rings. The van der Waals surface area contributed by atoms with Gasteiger partial charge in [-0.25, -0.2) is 8.42 Å². The molecule has 0 aliphatic heterocycles. The summed E-state index contributed by atoms with van der Waals surface area (Å²) in [5.41, 5.74) is 0. The lowest BCUT2D eigenvalue weighted by molar-refractivity contribution is -0.211. The lowest BCUT2D eigenvalue weighted by Crippen LogP contribution is -2.47. The van der Waals surface area contributed by atoms with Gasteiger partial charge in [0.15, 0.2) is 0 Å². The fraction of sp³-hybridized carbons (Fsp3) is 0.471. The molecular formula is C17H24N2O5S. The molecule has 0 bridgehead atoms. The SMILES string of the molecule is CC#CCOc1ccc(S(=O)(=O)N(CC)N(O)C(=O)CC(C)C)cc1. The Morgan fingerprint density at radius 3 is 2.36 bits per heavy atom. The van der Waals surface area contributed by atoms with Crippen LogP contribution >= 0.6 is 0 Å². The summed E-state index contributed by atoms with van der Waals surface area (Å²) in [4.78, 5) is 11.9. The standard InChI is InChI=1S/C17H24N2O5S/c1-5-7-12-24-15-8-10-16(11-9-15)25(22,23)18(6-2)19(21)17(20)13-14(3)4/h8-11,14,21H,6,12-13H2,1-4H3. The molecule has 0 unspecified atom stereocenters. The molecule has 1 N–H and O–H groups in total. The molecule has 7 nitrogen and oxygen atoms in total. The Balaban J connectivity index is 2.99. The van der Waals surface area contributed by atoms with Crippen LogP contribution in [0.4, 0.5) is 0 Å². The van der Waals surface area contributed by atoms with E-state index in [1.165, 1.54) is 31.2 Å². The van der Waals surface area contributed by atoms with Gasteiger partial charge in [0.2, 0.25) is 0 Å². The van der Waals surface area contributed by atoms with Crippen LogP contribution in [-0.4, -0.2) is 42.3 Å². The van der Waals surface area contributed by atoms with Crippen LogP contribution in [0.25, 0.3) is 0 Å². The molecule has 138 valence electrons. The molecule has 0 saturated carbocycles. The first-order valence-electron chi connectivity index (χ1n) is 7.91. The number of amides is 1. The number of ether oxygens (including phenoxy) is 1. The number of hydrogen-bond acceptors (Lipinski definition) is 5. The van der Waals surface area contributed by atoms with Crippen molar-refractivity contribution >= 4 is 15.9 Å². The van der Waals surface area contributed by atoms with Crippen molar-refractivity contribution in [1.82, 2.24) is 9.59 Å². The fourth-order valence-electron chi connectivity index (χ4n) is 1.98. The summed E-state index contributed by atoms with van der Waals surface area (Å²) >= 11 is 0. The molecule has 1 rings (SSSR count). The van der Waals surface area contributed by atoms with Gasteiger partial charge in [-0.3, -0.25) is 10.0 Å². The van der Waals surface area contributed by atoms with E-state index in [2.05, 4.69) is 11.8 Å². The molecule has 1 aromatic rings. The zero-order valence-electron chi connectivity index (χ0n) is 14.9. The summed E-state index contributed by atoms with van der Waals surface area (Å²) in [6.07, 6.45) is 0.0355. The Bertz CT molecular complexity index is 733. The normalized spacial score (nSPS) is 11.2. The minimum atomic E-state index is -4.07. The Hall–Kier alpha value is -2.08. The van der Waals surface area contributed by atoms with E-state index in [0.29, 0.717) is 10.2 Å². The van der Waals surface area contributed by atoms with Crippen LogP contribution in [0.2, 0.25) is 0 Å². The molecule has 0 aromatic heterocycles. The van der Waals surface area contributed by atoms with Crippen molar-refractivity contribution in [3.63, 3.8) is 0 Å². The highest BCUT2D eigenvalue weighted by atomic mass is 32.2. The highest BCUT2D eigenvalue weighted by Gasteiger charge is 2.31. The van der Waals surface area contributed by atoms with E-state index in [1.807, 2.05) is 0 Å². The summed E-state index contributed by atoms with van der Waals surface area (Å²) in [5.74, 6) is 5.21. The third-order valence-electron chi connectivity index (χ3n) is 3.17. The molecule has 0 aliphatic carbocycles. The second kappa shape index (κ2) is 9.42. The van der Waals surface area contributed by atoms with Gasteiger partial charge in [-0.05, 0) is 44.0 Å². The molecule has 0 fully saturated rings. The Morgan fingerprint density at radius 1 is 1.28 bits per heavy atom. The van der Waals surface area contributed by atoms with Crippen molar-refractivity contribution in [2.24, 2.45) is 5.92 Å². The maximum atomic E-state index is 12.7. The van der Waals surface area contributed by atoms with Crippen molar-refractivity contribution in [2.75, 3.05) is 13.2 Å². The van der Waals surface area contributed by atoms with E-state index in [4.69, 9.17) is 4.74 Å². The maximum Gasteiger partial charge on any atom is 0.262 e. The summed E-state index contributed by atoms with van der Waals surface area (Å²) < 4.78 is 31.3. The van der Waals surface area contributed by atoms with Crippen molar-refractivity contribution in [3.05, 3.63) is 24.3 Å². The van der Waals surface area contributed by atoms with Gasteiger partial charge >= 0.3 is 0 Å². The molecule has 0 spiro atoms. The quantitative estimate of drug-likeness (QED) is 0.432. The Morgan fingerprint density at radius 2 is 1.88 bits per heavy atom. The van der Waals surface area contributed by atoms with Crippen molar-refractivity contribution in [3.8, 4) is 17.6 Å². The highest BCUT2D eigenvalue weighted by molar-refractivity contribution is 7.89. The van der Waals surface area contributed by atoms with E-state index in [-0.39, 0.29) is 35.6 Å². The Kier molecular flexibility index (Phi) is 7.90. The van der Waals surface area contributed by atoms with Crippen LogP contribution in [-0.2, 0) is 14.8 Å². The first-order chi connectivity index (χ1) is 11.7. The minimum Gasteiger partial charge on any atom is -0.481 e. The second-order valence-corrected chi connectivity index (χ2v) is 7.45. The number of hydrogen-bond donors (Lipinski definition) is 1. The van der Waals surface area contributed by atoms with Gasteiger partial charge in [0.05, 0.1) is 4.90 Å². The third-order valence-corrected chi connectivity index (χ3v) is 5.01. The number of nitrogens with zero attached hydrogens (tertiary/aromatic N) is 2. The van der Waals surface area contributed by atoms with Crippen LogP contribution in [0.5, 0.6) is 5.75 Å². The first kappa shape index (κ1) is 21.0. The highest BCUT2D eigenvalue weighted by Crippen LogP contribution is 2.21. The molecule has 1 amide bonds. The molecular weight excluding hydrogens is 344 g/mol. The molecule has 0 atom stereocenters. The number of hydrazine groups is 1. The average Bonchev–Trinajstić information content (AvgIpc) is 2.55. The molecule has 8 heteroatoms. The lowest BCUT2D eigenvalue weighted by atomic mass is 10.1. The van der Waals surface area contributed by atoms with Gasteiger partial charge in [0.25, 0.3) is 15.9 Å². The van der Waals surface area contributed by atoms with Crippen LogP contribution in [0.15, 0.2) is 29.2 Å². The lowest BCUT2D eigenvalue weighted by Gasteiger charge is -2.28. The van der Waals surface area contributed by atoms with Crippen LogP contribution in [0.3, 0.4) is 0 Å². The summed E-state index contributed by atoms with van der Waals surface area (Å²) in [7, 11) is -4.07. The largest absolute Gasteiger partial charge is 0.481 e. The topological polar surface area (TPSA) is 87.2 Å². The maximum absolute atomic E-state index is 12.7. The van der Waals surface area contributed by atoms with Gasteiger partial charge in [0, 0.05) is 13.0 Å². The molecule has 0 radical (unpaired) electrons. The van der Waals surface area contributed by atoms with E-state index < -0.39 is 15.9 Å². The van der Waals surface area contributed by atoms with Crippen LogP contribution in [0, 0.1) is 17.8 Å². The zero-order valence-corrected chi connectivity index (χ0v) is 15.7. The zero-order chi connectivity index (χ0) is 19.0. The van der Waals surface area contributed by atoms with Gasteiger partial charge < -0.3 is 4.74 Å². The summed E-state index contributed by atoms with van der Waals surface area (Å²) in [6, 6.07) is 5.70. The minimum absolute atomic E-state index is 0.00814. The fourth-order valence-corrected chi connectivity index (χ4v) is 3.34. The van der Waals surface area contributed by atoms with E-state index >= 15 is 0 Å². The predicted molar refractivity (Wildman–Crippen MR) is 93.0 cm³/mol. The number of carbonyl (C=O) groups is 1. The average molecular weight is 368 g/mol. The number of hydroxylamine groups is 1. The van der Waals surface area contributed by atoms with Crippen molar-refractivity contribution in [1.29, 1.82) is 0 Å². The van der Waals surface area contributed by atoms with Crippen molar-refractivity contribution < 1.29 is 23.2 Å². The second-order valence-electron chi connectivity index (χ2n) is 5.61. The van der Waals surface area contributed by atoms with Gasteiger partial charge in [0.1, 0.15) is 12.4 Å². The van der Waals surface area contributed by atoms with E-state index in [1.54, 1.807) is 20.8 Å². The number of rotatable bonds is 8. The molecule has 25 heavy (non-hydrogen) atoms. The predicted octanol–water partition coefficient (Wildman–Crippen LogP) is 2.28. The van der Waals surface area contributed by atoms with E-state index in [9.17, 15) is 18.4 Å². The van der Waals surface area contributed by atoms with Gasteiger partial charge in [-0.1, -0.05) is 24.2 Å². The Labute approximate surface area is 149 Å². The number of sulfonamides is 1. The molecule has 1 aromatic carbocycles. The summed E-state index contributed by atoms with van der Waals surface area (Å²) in [6.45, 7) is 6.95. The van der Waals surface area contributed by atoms with E-state index in [0.717, 1.165) is 0 Å². The summed E-state index contributed by atoms with van der Waals surface area (Å²) in [5, 5.41) is 10.2. The van der Waals surface area contributed by atoms with Crippen molar-refractivity contribution in [2.45, 2.75) is 39.0 Å². The number of benzene rings is 1. The van der Waals surface area contributed by atoms with Gasteiger partial charge in [-0.2, -0.15) is 0 Å². The monoisotopic (exact) mass is 368 g/mol. The van der Waals surface area contributed by atoms with Gasteiger partial charge in [-0.15, -0.1) is 11.1 Å². The van der Waals surface area contributed by atoms with Crippen LogP contribution < -0.4 is 4.74 Å². The third kappa shape index (κ3) is 5.74.